The van der Waals surface area contributed by atoms with Gasteiger partial charge in [0.15, 0.2) is 0 Å². The van der Waals surface area contributed by atoms with E-state index in [1.54, 1.807) is 0 Å². The zero-order valence-electron chi connectivity index (χ0n) is 18.8. The monoisotopic (exact) mass is 462 g/mol. The first kappa shape index (κ1) is 29.7. The van der Waals surface area contributed by atoms with Crippen LogP contribution in [0, 0.1) is 0 Å². The smallest absolute Gasteiger partial charge is 0.326 e. The molecule has 0 unspecified atom stereocenters. The van der Waals surface area contributed by atoms with Crippen molar-refractivity contribution in [2.24, 2.45) is 0 Å². The largest absolute Gasteiger partial charge is 0.480 e. The Morgan fingerprint density at radius 3 is 1.34 bits per heavy atom. The molecule has 32 heavy (non-hydrogen) atoms. The molecule has 0 aromatic rings. The molecule has 0 aromatic carbocycles. The third-order valence-corrected chi connectivity index (χ3v) is 5.00. The van der Waals surface area contributed by atoms with Crippen LogP contribution in [0.2, 0.25) is 0 Å². The van der Waals surface area contributed by atoms with Crippen LogP contribution in [0.15, 0.2) is 0 Å². The Morgan fingerprint density at radius 2 is 1.19 bits per heavy atom. The minimum atomic E-state index is -0.944. The zero-order valence-corrected chi connectivity index (χ0v) is 18.8. The fourth-order valence-corrected chi connectivity index (χ4v) is 2.83. The molecular formula is C20H38N4O8. The molecular weight excluding hydrogens is 424 g/mol. The summed E-state index contributed by atoms with van der Waals surface area (Å²) < 4.78 is 0. The molecule has 2 fully saturated rings. The number of hydrogen-bond acceptors (Lipinski definition) is 8. The first-order chi connectivity index (χ1) is 15.2. The van der Waals surface area contributed by atoms with Gasteiger partial charge >= 0.3 is 11.9 Å². The van der Waals surface area contributed by atoms with Crippen LogP contribution in [0.1, 0.15) is 52.4 Å². The van der Waals surface area contributed by atoms with Crippen molar-refractivity contribution in [3.05, 3.63) is 0 Å². The number of carbonyl (C=O) groups excluding carboxylic acids is 2. The summed E-state index contributed by atoms with van der Waals surface area (Å²) in [6.45, 7) is 6.13. The van der Waals surface area contributed by atoms with Crippen LogP contribution in [0.25, 0.3) is 0 Å². The van der Waals surface area contributed by atoms with Crippen LogP contribution in [0.4, 0.5) is 0 Å². The van der Waals surface area contributed by atoms with Gasteiger partial charge in [0.1, 0.15) is 12.1 Å². The number of aliphatic hydroxyl groups excluding tert-OH is 2. The lowest BCUT2D eigenvalue weighted by Gasteiger charge is -2.17. The van der Waals surface area contributed by atoms with E-state index >= 15 is 0 Å². The Hall–Kier alpha value is -2.28. The predicted molar refractivity (Wildman–Crippen MR) is 116 cm³/mol. The summed E-state index contributed by atoms with van der Waals surface area (Å²) in [4.78, 5) is 41.0. The number of carbonyl (C=O) groups is 4. The van der Waals surface area contributed by atoms with Gasteiger partial charge < -0.3 is 41.7 Å². The van der Waals surface area contributed by atoms with Gasteiger partial charge in [0.2, 0.25) is 11.8 Å². The van der Waals surface area contributed by atoms with Gasteiger partial charge in [-0.15, -0.1) is 0 Å². The van der Waals surface area contributed by atoms with Gasteiger partial charge in [0.05, 0.1) is 13.2 Å². The van der Waals surface area contributed by atoms with Crippen molar-refractivity contribution in [2.75, 3.05) is 26.3 Å². The quantitative estimate of drug-likeness (QED) is 0.166. The van der Waals surface area contributed by atoms with Crippen LogP contribution in [0.5, 0.6) is 0 Å². The van der Waals surface area contributed by atoms with Gasteiger partial charge in [-0.3, -0.25) is 9.59 Å². The van der Waals surface area contributed by atoms with Crippen molar-refractivity contribution >= 4 is 23.8 Å². The predicted octanol–water partition coefficient (Wildman–Crippen LogP) is -1.59. The van der Waals surface area contributed by atoms with E-state index in [1.165, 1.54) is 0 Å². The third kappa shape index (κ3) is 13.2. The number of aliphatic hydroxyl groups is 2. The summed E-state index contributed by atoms with van der Waals surface area (Å²) >= 11 is 0. The van der Waals surface area contributed by atoms with Gasteiger partial charge in [-0.05, 0) is 25.7 Å². The average molecular weight is 463 g/mol. The number of nitrogens with one attached hydrogen (secondary N) is 4. The summed E-state index contributed by atoms with van der Waals surface area (Å²) in [5.74, 6) is -2.22. The lowest BCUT2D eigenvalue weighted by Crippen LogP contribution is -2.40. The van der Waals surface area contributed by atoms with Crippen molar-refractivity contribution in [3.8, 4) is 0 Å². The Bertz CT molecular complexity index is 532. The molecule has 0 radical (unpaired) electrons. The number of carboxylic acids is 2. The fraction of sp³-hybridized carbons (Fsp3) is 0.800. The molecule has 186 valence electrons. The Kier molecular flexibility index (Phi) is 16.1. The maximum absolute atomic E-state index is 10.4. The number of carboxylic acid groups (broad SMARTS) is 2. The maximum atomic E-state index is 10.4. The Balaban J connectivity index is 0.000000466. The van der Waals surface area contributed by atoms with Gasteiger partial charge in [-0.2, -0.15) is 0 Å². The topological polar surface area (TPSA) is 197 Å². The molecule has 0 aliphatic carbocycles. The van der Waals surface area contributed by atoms with Crippen LogP contribution in [-0.2, 0) is 19.2 Å². The molecule has 2 aliphatic heterocycles. The first-order valence-electron chi connectivity index (χ1n) is 10.9. The van der Waals surface area contributed by atoms with E-state index in [4.69, 9.17) is 20.4 Å². The molecule has 8 N–H and O–H groups in total. The first-order valence-corrected chi connectivity index (χ1v) is 10.9. The second kappa shape index (κ2) is 17.3. The lowest BCUT2D eigenvalue weighted by molar-refractivity contribution is -0.140. The van der Waals surface area contributed by atoms with E-state index in [0.29, 0.717) is 25.7 Å². The standard InChI is InChI=1S/C10H24N2O2.2C5H7NO3/c1-3-9(7-13)11-5-6-12-10(4-2)8-14;2*7-4-2-1-3(6-4)5(8)9/h9-14H,3-8H2,1-2H3;2*3H,1-2H2,(H,6,7)(H,8,9)/t9-,10-;2*3-/m000/s1. The number of amides is 2. The highest BCUT2D eigenvalue weighted by Crippen LogP contribution is 2.06. The zero-order chi connectivity index (χ0) is 24.5. The normalized spacial score (nSPS) is 21.2. The van der Waals surface area contributed by atoms with Gasteiger partial charge in [-0.1, -0.05) is 13.8 Å². The summed E-state index contributed by atoms with van der Waals surface area (Å²) in [6, 6.07) is -0.882. The molecule has 2 rings (SSSR count). The summed E-state index contributed by atoms with van der Waals surface area (Å²) in [7, 11) is 0. The van der Waals surface area contributed by atoms with Crippen molar-refractivity contribution in [2.45, 2.75) is 76.5 Å². The average Bonchev–Trinajstić information content (AvgIpc) is 3.40. The highest BCUT2D eigenvalue weighted by molar-refractivity contribution is 5.87. The van der Waals surface area contributed by atoms with Crippen LogP contribution < -0.4 is 21.3 Å². The number of hydrogen-bond donors (Lipinski definition) is 8. The van der Waals surface area contributed by atoms with E-state index in [-0.39, 0.29) is 37.1 Å². The minimum absolute atomic E-state index is 0.164. The van der Waals surface area contributed by atoms with Crippen LogP contribution in [-0.4, -0.2) is 94.6 Å². The molecule has 2 saturated heterocycles. The molecule has 0 saturated carbocycles. The van der Waals surface area contributed by atoms with E-state index in [1.807, 2.05) is 13.8 Å². The third-order valence-electron chi connectivity index (χ3n) is 5.00. The van der Waals surface area contributed by atoms with Crippen molar-refractivity contribution in [1.29, 1.82) is 0 Å². The van der Waals surface area contributed by atoms with E-state index in [9.17, 15) is 19.2 Å². The van der Waals surface area contributed by atoms with Gasteiger partial charge in [0.25, 0.3) is 0 Å². The molecule has 2 aliphatic rings. The molecule has 12 heteroatoms. The molecule has 2 heterocycles. The summed E-state index contributed by atoms with van der Waals surface area (Å²) in [5, 5.41) is 45.5. The SMILES string of the molecule is CC[C@@H](CO)NCCN[C@@H](CC)CO.O=C1CC[C@@H](C(=O)O)N1.O=C1CC[C@@H](C(=O)O)N1. The Morgan fingerprint density at radius 1 is 0.844 bits per heavy atom. The van der Waals surface area contributed by atoms with Crippen molar-refractivity contribution in [3.63, 3.8) is 0 Å². The van der Waals surface area contributed by atoms with Crippen molar-refractivity contribution < 1.29 is 39.6 Å². The second-order valence-corrected chi connectivity index (χ2v) is 7.48. The molecule has 4 atom stereocenters. The van der Waals surface area contributed by atoms with Gasteiger partial charge in [-0.25, -0.2) is 9.59 Å². The summed E-state index contributed by atoms with van der Waals surface area (Å²) in [6.07, 6.45) is 3.41. The van der Waals surface area contributed by atoms with Crippen LogP contribution in [0.3, 0.4) is 0 Å². The minimum Gasteiger partial charge on any atom is -0.480 e. The molecule has 0 aromatic heterocycles. The van der Waals surface area contributed by atoms with Crippen LogP contribution >= 0.6 is 0 Å². The number of rotatable bonds is 11. The molecule has 2 amide bonds. The highest BCUT2D eigenvalue weighted by Gasteiger charge is 2.26. The summed E-state index contributed by atoms with van der Waals surface area (Å²) in [5.41, 5.74) is 0. The maximum Gasteiger partial charge on any atom is 0.326 e. The lowest BCUT2D eigenvalue weighted by atomic mass is 10.2. The van der Waals surface area contributed by atoms with Crippen molar-refractivity contribution in [1.82, 2.24) is 21.3 Å². The molecule has 0 spiro atoms. The van der Waals surface area contributed by atoms with Gasteiger partial charge in [0, 0.05) is 38.0 Å². The molecule has 0 bridgehead atoms. The number of aliphatic carboxylic acids is 2. The fourth-order valence-electron chi connectivity index (χ4n) is 2.83. The molecule has 12 nitrogen and oxygen atoms in total. The Labute approximate surface area is 188 Å². The van der Waals surface area contributed by atoms with E-state index < -0.39 is 24.0 Å². The second-order valence-electron chi connectivity index (χ2n) is 7.48. The van der Waals surface area contributed by atoms with E-state index in [0.717, 1.165) is 25.9 Å². The van der Waals surface area contributed by atoms with E-state index in [2.05, 4.69) is 21.3 Å². The highest BCUT2D eigenvalue weighted by atomic mass is 16.4.